The first-order chi connectivity index (χ1) is 10.6. The molecule has 2 aromatic carbocycles. The lowest BCUT2D eigenvalue weighted by Crippen LogP contribution is -2.00. The number of aryl methyl sites for hydroxylation is 1. The lowest BCUT2D eigenvalue weighted by atomic mass is 10.0. The number of nitrogen functional groups attached to an aromatic ring is 1. The highest BCUT2D eigenvalue weighted by Gasteiger charge is 2.12. The fourth-order valence-corrected chi connectivity index (χ4v) is 2.69. The second kappa shape index (κ2) is 5.56. The maximum atomic E-state index is 11.7. The lowest BCUT2D eigenvalue weighted by molar-refractivity contribution is 0.0601. The van der Waals surface area contributed by atoms with Crippen LogP contribution in [0.5, 0.6) is 0 Å². The normalized spacial score (nSPS) is 10.8. The number of ether oxygens (including phenoxy) is 1. The molecule has 3 rings (SSSR count). The lowest BCUT2D eigenvalue weighted by Gasteiger charge is -2.04. The van der Waals surface area contributed by atoms with Gasteiger partial charge in [0, 0.05) is 22.3 Å². The van der Waals surface area contributed by atoms with Gasteiger partial charge in [0.2, 0.25) is 0 Å². The molecular weight excluding hydrogens is 276 g/mol. The Balaban J connectivity index is 2.05. The topological polar surface area (TPSA) is 68.1 Å². The largest absolute Gasteiger partial charge is 0.465 e. The summed E-state index contributed by atoms with van der Waals surface area (Å²) >= 11 is 0. The number of hydrogen-bond donors (Lipinski definition) is 2. The highest BCUT2D eigenvalue weighted by atomic mass is 16.5. The predicted octanol–water partition coefficient (Wildman–Crippen LogP) is 3.44. The number of methoxy groups -OCH3 is 1. The second-order valence-electron chi connectivity index (χ2n) is 5.40. The summed E-state index contributed by atoms with van der Waals surface area (Å²) in [7, 11) is 1.39. The van der Waals surface area contributed by atoms with Gasteiger partial charge in [-0.15, -0.1) is 0 Å². The molecule has 1 aromatic heterocycles. The van der Waals surface area contributed by atoms with Gasteiger partial charge in [-0.25, -0.2) is 4.79 Å². The van der Waals surface area contributed by atoms with Gasteiger partial charge < -0.3 is 15.5 Å². The molecule has 0 unspecified atom stereocenters. The third-order valence-corrected chi connectivity index (χ3v) is 3.90. The van der Waals surface area contributed by atoms with E-state index in [2.05, 4.69) is 4.98 Å². The first kappa shape index (κ1) is 14.2. The fraction of sp³-hybridized carbons (Fsp3) is 0.167. The number of aromatic nitrogens is 1. The van der Waals surface area contributed by atoms with Gasteiger partial charge in [-0.05, 0) is 54.8 Å². The predicted molar refractivity (Wildman–Crippen MR) is 88.0 cm³/mol. The molecule has 112 valence electrons. The Kier molecular flexibility index (Phi) is 3.59. The molecule has 0 radical (unpaired) electrons. The molecule has 0 atom stereocenters. The maximum Gasteiger partial charge on any atom is 0.337 e. The number of rotatable bonds is 3. The summed E-state index contributed by atoms with van der Waals surface area (Å²) in [5.74, 6) is -0.320. The number of nitrogens with two attached hydrogens (primary N) is 1. The minimum atomic E-state index is -0.320. The van der Waals surface area contributed by atoms with Crippen LogP contribution in [0, 0.1) is 6.92 Å². The Morgan fingerprint density at radius 1 is 1.18 bits per heavy atom. The van der Waals surface area contributed by atoms with Crippen LogP contribution >= 0.6 is 0 Å². The van der Waals surface area contributed by atoms with Crippen molar-refractivity contribution in [1.29, 1.82) is 0 Å². The molecule has 0 aliphatic carbocycles. The van der Waals surface area contributed by atoms with Crippen molar-refractivity contribution in [1.82, 2.24) is 4.98 Å². The first-order valence-electron chi connectivity index (χ1n) is 7.12. The molecular formula is C18H18N2O2. The van der Waals surface area contributed by atoms with Gasteiger partial charge in [0.05, 0.1) is 12.7 Å². The molecule has 0 amide bonds. The second-order valence-corrected chi connectivity index (χ2v) is 5.40. The number of benzene rings is 2. The van der Waals surface area contributed by atoms with Gasteiger partial charge in [-0.2, -0.15) is 0 Å². The van der Waals surface area contributed by atoms with E-state index in [1.54, 1.807) is 6.07 Å². The van der Waals surface area contributed by atoms with Crippen LogP contribution in [-0.4, -0.2) is 18.1 Å². The van der Waals surface area contributed by atoms with Crippen LogP contribution < -0.4 is 5.73 Å². The van der Waals surface area contributed by atoms with Crippen molar-refractivity contribution in [2.75, 3.05) is 12.8 Å². The van der Waals surface area contributed by atoms with Crippen molar-refractivity contribution in [3.63, 3.8) is 0 Å². The van der Waals surface area contributed by atoms with E-state index in [1.165, 1.54) is 18.2 Å². The quantitative estimate of drug-likeness (QED) is 0.574. The molecule has 0 aliphatic rings. The molecule has 0 spiro atoms. The summed E-state index contributed by atoms with van der Waals surface area (Å²) in [6, 6.07) is 13.4. The SMILES string of the molecule is COC(=O)c1ccc2[nH]c(C)c(Cc3ccc(N)cc3)c2c1. The summed E-state index contributed by atoms with van der Waals surface area (Å²) in [5.41, 5.74) is 11.5. The Morgan fingerprint density at radius 2 is 1.91 bits per heavy atom. The van der Waals surface area contributed by atoms with Crippen LogP contribution in [0.4, 0.5) is 5.69 Å². The number of carbonyl (C=O) groups excluding carboxylic acids is 1. The van der Waals surface area contributed by atoms with Crippen LogP contribution in [0.15, 0.2) is 42.5 Å². The standard InChI is InChI=1S/C18H18N2O2/c1-11-15(9-12-3-6-14(19)7-4-12)16-10-13(18(21)22-2)5-8-17(16)20-11/h3-8,10,20H,9,19H2,1-2H3. The number of fused-ring (bicyclic) bond motifs is 1. The maximum absolute atomic E-state index is 11.7. The van der Waals surface area contributed by atoms with Crippen molar-refractivity contribution in [2.45, 2.75) is 13.3 Å². The Hall–Kier alpha value is -2.75. The molecule has 0 saturated heterocycles. The summed E-state index contributed by atoms with van der Waals surface area (Å²) in [6.07, 6.45) is 0.788. The molecule has 3 N–H and O–H groups in total. The van der Waals surface area contributed by atoms with Crippen molar-refractivity contribution >= 4 is 22.6 Å². The number of aromatic amines is 1. The molecule has 0 bridgehead atoms. The average molecular weight is 294 g/mol. The van der Waals surface area contributed by atoms with Gasteiger partial charge in [0.25, 0.3) is 0 Å². The smallest absolute Gasteiger partial charge is 0.337 e. The number of nitrogens with one attached hydrogen (secondary N) is 1. The van der Waals surface area contributed by atoms with E-state index >= 15 is 0 Å². The van der Waals surface area contributed by atoms with Gasteiger partial charge in [-0.3, -0.25) is 0 Å². The number of anilines is 1. The molecule has 4 heteroatoms. The van der Waals surface area contributed by atoms with E-state index in [1.807, 2.05) is 43.3 Å². The van der Waals surface area contributed by atoms with Crippen molar-refractivity contribution in [3.05, 3.63) is 64.8 Å². The van der Waals surface area contributed by atoms with E-state index in [0.29, 0.717) is 5.56 Å². The number of carbonyl (C=O) groups is 1. The van der Waals surface area contributed by atoms with Gasteiger partial charge in [0.15, 0.2) is 0 Å². The molecule has 4 nitrogen and oxygen atoms in total. The monoisotopic (exact) mass is 294 g/mol. The fourth-order valence-electron chi connectivity index (χ4n) is 2.69. The highest BCUT2D eigenvalue weighted by Crippen LogP contribution is 2.26. The minimum Gasteiger partial charge on any atom is -0.465 e. The van der Waals surface area contributed by atoms with Gasteiger partial charge >= 0.3 is 5.97 Å². The molecule has 0 aliphatic heterocycles. The molecule has 0 saturated carbocycles. The van der Waals surface area contributed by atoms with E-state index in [4.69, 9.17) is 10.5 Å². The molecule has 22 heavy (non-hydrogen) atoms. The third-order valence-electron chi connectivity index (χ3n) is 3.90. The van der Waals surface area contributed by atoms with E-state index in [0.717, 1.165) is 28.7 Å². The summed E-state index contributed by atoms with van der Waals surface area (Å²) in [5, 5.41) is 1.05. The van der Waals surface area contributed by atoms with Crippen LogP contribution in [0.25, 0.3) is 10.9 Å². The van der Waals surface area contributed by atoms with Crippen molar-refractivity contribution < 1.29 is 9.53 Å². The van der Waals surface area contributed by atoms with Crippen LogP contribution in [0.3, 0.4) is 0 Å². The Bertz CT molecular complexity index is 832. The van der Waals surface area contributed by atoms with Gasteiger partial charge in [-0.1, -0.05) is 12.1 Å². The number of H-pyrrole nitrogens is 1. The zero-order valence-corrected chi connectivity index (χ0v) is 12.6. The Morgan fingerprint density at radius 3 is 2.59 bits per heavy atom. The highest BCUT2D eigenvalue weighted by molar-refractivity contribution is 5.96. The van der Waals surface area contributed by atoms with E-state index in [9.17, 15) is 4.79 Å². The molecule has 1 heterocycles. The van der Waals surface area contributed by atoms with Crippen LogP contribution in [0.2, 0.25) is 0 Å². The average Bonchev–Trinajstić information content (AvgIpc) is 2.84. The molecule has 3 aromatic rings. The zero-order chi connectivity index (χ0) is 15.7. The van der Waals surface area contributed by atoms with Crippen LogP contribution in [0.1, 0.15) is 27.2 Å². The first-order valence-corrected chi connectivity index (χ1v) is 7.12. The summed E-state index contributed by atoms with van der Waals surface area (Å²) < 4.78 is 4.80. The van der Waals surface area contributed by atoms with E-state index in [-0.39, 0.29) is 5.97 Å². The van der Waals surface area contributed by atoms with E-state index < -0.39 is 0 Å². The summed E-state index contributed by atoms with van der Waals surface area (Å²) in [6.45, 7) is 2.05. The zero-order valence-electron chi connectivity index (χ0n) is 12.6. The number of hydrogen-bond acceptors (Lipinski definition) is 3. The number of esters is 1. The van der Waals surface area contributed by atoms with Gasteiger partial charge in [0.1, 0.15) is 0 Å². The van der Waals surface area contributed by atoms with Crippen LogP contribution in [-0.2, 0) is 11.2 Å². The summed E-state index contributed by atoms with van der Waals surface area (Å²) in [4.78, 5) is 15.1. The van der Waals surface area contributed by atoms with Crippen molar-refractivity contribution in [2.24, 2.45) is 0 Å². The molecule has 0 fully saturated rings. The Labute approximate surface area is 128 Å². The van der Waals surface area contributed by atoms with Crippen molar-refractivity contribution in [3.8, 4) is 0 Å². The minimum absolute atomic E-state index is 0.320. The third kappa shape index (κ3) is 2.55.